The molecule has 3 nitrogen and oxygen atoms in total. The van der Waals surface area contributed by atoms with E-state index >= 15 is 0 Å². The van der Waals surface area contributed by atoms with Gasteiger partial charge in [0.15, 0.2) is 0 Å². The molecule has 0 aliphatic carbocycles. The maximum Gasteiger partial charge on any atom is 0.127 e. The summed E-state index contributed by atoms with van der Waals surface area (Å²) in [6.45, 7) is 5.16. The zero-order valence-electron chi connectivity index (χ0n) is 12.1. The number of hydrogen-bond donors (Lipinski definition) is 2. The molecule has 0 saturated heterocycles. The predicted molar refractivity (Wildman–Crippen MR) is 84.5 cm³/mol. The lowest BCUT2D eigenvalue weighted by Gasteiger charge is -2.12. The first-order chi connectivity index (χ1) is 9.59. The van der Waals surface area contributed by atoms with Crippen molar-refractivity contribution in [2.75, 3.05) is 6.61 Å². The van der Waals surface area contributed by atoms with Crippen LogP contribution in [0.4, 0.5) is 0 Å². The van der Waals surface area contributed by atoms with Gasteiger partial charge in [-0.25, -0.2) is 0 Å². The second-order valence-electron chi connectivity index (χ2n) is 5.46. The minimum absolute atomic E-state index is 0.0903. The average molecular weight is 270 g/mol. The average Bonchev–Trinajstić information content (AvgIpc) is 2.43. The molecule has 0 atom stereocenters. The quantitative estimate of drug-likeness (QED) is 0.474. The van der Waals surface area contributed by atoms with E-state index in [-0.39, 0.29) is 5.84 Å². The Balaban J connectivity index is 2.22. The Labute approximate surface area is 120 Å². The number of nitrogen functional groups attached to an aromatic ring is 1. The number of ether oxygens (including phenoxy) is 1. The zero-order chi connectivity index (χ0) is 14.5. The summed E-state index contributed by atoms with van der Waals surface area (Å²) >= 11 is 0. The molecule has 2 rings (SSSR count). The SMILES string of the molecule is CC(C)CCCOc1ccc(C(=N)N)c2ccccc12. The Morgan fingerprint density at radius 3 is 2.50 bits per heavy atom. The van der Waals surface area contributed by atoms with Crippen LogP contribution in [-0.2, 0) is 0 Å². The van der Waals surface area contributed by atoms with Crippen molar-refractivity contribution in [2.45, 2.75) is 26.7 Å². The number of fused-ring (bicyclic) bond motifs is 1. The third-order valence-electron chi connectivity index (χ3n) is 3.36. The van der Waals surface area contributed by atoms with Crippen molar-refractivity contribution < 1.29 is 4.74 Å². The Morgan fingerprint density at radius 1 is 1.15 bits per heavy atom. The van der Waals surface area contributed by atoms with Crippen molar-refractivity contribution in [1.29, 1.82) is 5.41 Å². The summed E-state index contributed by atoms with van der Waals surface area (Å²) in [6, 6.07) is 11.7. The Bertz CT molecular complexity index is 605. The highest BCUT2D eigenvalue weighted by molar-refractivity contribution is 6.09. The van der Waals surface area contributed by atoms with Gasteiger partial charge >= 0.3 is 0 Å². The van der Waals surface area contributed by atoms with Gasteiger partial charge in [0.25, 0.3) is 0 Å². The largest absolute Gasteiger partial charge is 0.493 e. The standard InChI is InChI=1S/C17H22N2O/c1-12(2)6-5-11-20-16-10-9-15(17(18)19)13-7-3-4-8-14(13)16/h3-4,7-10,12H,5-6,11H2,1-2H3,(H3,18,19). The summed E-state index contributed by atoms with van der Waals surface area (Å²) in [5, 5.41) is 9.63. The lowest BCUT2D eigenvalue weighted by molar-refractivity contribution is 0.301. The van der Waals surface area contributed by atoms with E-state index in [2.05, 4.69) is 13.8 Å². The van der Waals surface area contributed by atoms with Gasteiger partial charge in [-0.15, -0.1) is 0 Å². The third-order valence-corrected chi connectivity index (χ3v) is 3.36. The molecular formula is C17H22N2O. The molecule has 0 aliphatic rings. The molecule has 0 bridgehead atoms. The van der Waals surface area contributed by atoms with E-state index in [1.165, 1.54) is 6.42 Å². The fourth-order valence-electron chi connectivity index (χ4n) is 2.31. The highest BCUT2D eigenvalue weighted by atomic mass is 16.5. The molecule has 2 aromatic carbocycles. The maximum atomic E-state index is 7.64. The van der Waals surface area contributed by atoms with Crippen LogP contribution < -0.4 is 10.5 Å². The summed E-state index contributed by atoms with van der Waals surface area (Å²) in [6.07, 6.45) is 2.23. The monoisotopic (exact) mass is 270 g/mol. The first-order valence-electron chi connectivity index (χ1n) is 7.08. The van der Waals surface area contributed by atoms with Crippen molar-refractivity contribution >= 4 is 16.6 Å². The highest BCUT2D eigenvalue weighted by Gasteiger charge is 2.08. The lowest BCUT2D eigenvalue weighted by Crippen LogP contribution is -2.11. The Kier molecular flexibility index (Phi) is 4.61. The molecule has 0 amide bonds. The number of nitrogens with two attached hydrogens (primary N) is 1. The van der Waals surface area contributed by atoms with E-state index in [1.807, 2.05) is 36.4 Å². The Morgan fingerprint density at radius 2 is 1.85 bits per heavy atom. The number of benzene rings is 2. The van der Waals surface area contributed by atoms with Crippen LogP contribution in [0.5, 0.6) is 5.75 Å². The first kappa shape index (κ1) is 14.4. The van der Waals surface area contributed by atoms with Gasteiger partial charge in [-0.05, 0) is 36.3 Å². The van der Waals surface area contributed by atoms with E-state index in [0.717, 1.165) is 35.1 Å². The highest BCUT2D eigenvalue weighted by Crippen LogP contribution is 2.28. The zero-order valence-corrected chi connectivity index (χ0v) is 12.1. The van der Waals surface area contributed by atoms with Crippen LogP contribution >= 0.6 is 0 Å². The van der Waals surface area contributed by atoms with Gasteiger partial charge < -0.3 is 10.5 Å². The van der Waals surface area contributed by atoms with Crippen LogP contribution in [0, 0.1) is 11.3 Å². The van der Waals surface area contributed by atoms with Gasteiger partial charge in [0, 0.05) is 10.9 Å². The van der Waals surface area contributed by atoms with E-state index in [1.54, 1.807) is 0 Å². The summed E-state index contributed by atoms with van der Waals surface area (Å²) in [7, 11) is 0. The lowest BCUT2D eigenvalue weighted by atomic mass is 10.0. The second kappa shape index (κ2) is 6.42. The minimum Gasteiger partial charge on any atom is -0.493 e. The predicted octanol–water partition coefficient (Wildman–Crippen LogP) is 3.94. The van der Waals surface area contributed by atoms with Gasteiger partial charge in [0.05, 0.1) is 6.61 Å². The van der Waals surface area contributed by atoms with Crippen LogP contribution in [0.15, 0.2) is 36.4 Å². The molecule has 20 heavy (non-hydrogen) atoms. The molecule has 106 valence electrons. The van der Waals surface area contributed by atoms with Crippen molar-refractivity contribution in [1.82, 2.24) is 0 Å². The fraction of sp³-hybridized carbons (Fsp3) is 0.353. The molecule has 0 aliphatic heterocycles. The molecule has 0 spiro atoms. The van der Waals surface area contributed by atoms with Crippen LogP contribution in [0.1, 0.15) is 32.3 Å². The van der Waals surface area contributed by atoms with E-state index in [0.29, 0.717) is 5.92 Å². The topological polar surface area (TPSA) is 59.1 Å². The number of hydrogen-bond acceptors (Lipinski definition) is 2. The molecule has 3 N–H and O–H groups in total. The van der Waals surface area contributed by atoms with Crippen LogP contribution in [0.3, 0.4) is 0 Å². The number of amidine groups is 1. The van der Waals surface area contributed by atoms with Crippen LogP contribution in [0.2, 0.25) is 0 Å². The molecule has 0 unspecified atom stereocenters. The minimum atomic E-state index is 0.0903. The van der Waals surface area contributed by atoms with Gasteiger partial charge in [0.1, 0.15) is 11.6 Å². The summed E-state index contributed by atoms with van der Waals surface area (Å²) in [4.78, 5) is 0. The van der Waals surface area contributed by atoms with E-state index < -0.39 is 0 Å². The smallest absolute Gasteiger partial charge is 0.127 e. The summed E-state index contributed by atoms with van der Waals surface area (Å²) in [5.41, 5.74) is 6.39. The first-order valence-corrected chi connectivity index (χ1v) is 7.08. The fourth-order valence-corrected chi connectivity index (χ4v) is 2.31. The summed E-state index contributed by atoms with van der Waals surface area (Å²) < 4.78 is 5.89. The normalized spacial score (nSPS) is 10.9. The van der Waals surface area contributed by atoms with Gasteiger partial charge in [-0.2, -0.15) is 0 Å². The maximum absolute atomic E-state index is 7.64. The Hall–Kier alpha value is -2.03. The third kappa shape index (κ3) is 3.29. The number of rotatable bonds is 6. The van der Waals surface area contributed by atoms with E-state index in [4.69, 9.17) is 15.9 Å². The molecule has 2 aromatic rings. The molecule has 0 radical (unpaired) electrons. The molecule has 0 heterocycles. The van der Waals surface area contributed by atoms with Crippen molar-refractivity contribution in [2.24, 2.45) is 11.7 Å². The van der Waals surface area contributed by atoms with E-state index in [9.17, 15) is 0 Å². The molecule has 0 aromatic heterocycles. The molecule has 0 fully saturated rings. The van der Waals surface area contributed by atoms with Crippen LogP contribution in [0.25, 0.3) is 10.8 Å². The number of nitrogens with one attached hydrogen (secondary N) is 1. The van der Waals surface area contributed by atoms with Gasteiger partial charge in [-0.1, -0.05) is 38.1 Å². The van der Waals surface area contributed by atoms with Gasteiger partial charge in [-0.3, -0.25) is 5.41 Å². The summed E-state index contributed by atoms with van der Waals surface area (Å²) in [5.74, 6) is 1.66. The molecule has 3 heteroatoms. The van der Waals surface area contributed by atoms with Crippen molar-refractivity contribution in [3.8, 4) is 5.75 Å². The van der Waals surface area contributed by atoms with Gasteiger partial charge in [0.2, 0.25) is 0 Å². The molecular weight excluding hydrogens is 248 g/mol. The molecule has 0 saturated carbocycles. The van der Waals surface area contributed by atoms with Crippen molar-refractivity contribution in [3.05, 3.63) is 42.0 Å². The van der Waals surface area contributed by atoms with Crippen molar-refractivity contribution in [3.63, 3.8) is 0 Å². The second-order valence-corrected chi connectivity index (χ2v) is 5.46. The van der Waals surface area contributed by atoms with Crippen LogP contribution in [-0.4, -0.2) is 12.4 Å².